The van der Waals surface area contributed by atoms with Gasteiger partial charge in [0.15, 0.2) is 0 Å². The maximum atomic E-state index is 12.1. The van der Waals surface area contributed by atoms with Crippen molar-refractivity contribution in [3.63, 3.8) is 0 Å². The molecule has 0 amide bonds. The fourth-order valence-corrected chi connectivity index (χ4v) is 3.20. The standard InChI is InChI=1S/C24H20O3/c1-16-8-10-18(11-9-16)15-26-21-12-17(2)13-22-24(21)20(14-23(25)27-22)19-6-4-3-5-7-19/h3-14H,15H2,1-2H3. The Labute approximate surface area is 157 Å². The molecule has 0 atom stereocenters. The molecule has 0 spiro atoms. The average Bonchev–Trinajstić information content (AvgIpc) is 2.67. The van der Waals surface area contributed by atoms with Crippen LogP contribution in [0.4, 0.5) is 0 Å². The van der Waals surface area contributed by atoms with Gasteiger partial charge in [-0.05, 0) is 42.7 Å². The Morgan fingerprint density at radius 1 is 0.852 bits per heavy atom. The van der Waals surface area contributed by atoms with Crippen molar-refractivity contribution in [1.29, 1.82) is 0 Å². The summed E-state index contributed by atoms with van der Waals surface area (Å²) in [5, 5.41) is 0.818. The third-order valence-corrected chi connectivity index (χ3v) is 4.55. The van der Waals surface area contributed by atoms with Crippen LogP contribution in [-0.2, 0) is 6.61 Å². The lowest BCUT2D eigenvalue weighted by Crippen LogP contribution is -2.02. The van der Waals surface area contributed by atoms with E-state index in [1.807, 2.05) is 49.4 Å². The Morgan fingerprint density at radius 2 is 1.59 bits per heavy atom. The molecule has 4 aromatic rings. The third-order valence-electron chi connectivity index (χ3n) is 4.55. The third kappa shape index (κ3) is 3.63. The number of aryl methyl sites for hydroxylation is 2. The van der Waals surface area contributed by atoms with Gasteiger partial charge in [0.05, 0.1) is 5.39 Å². The molecule has 0 saturated heterocycles. The second-order valence-electron chi connectivity index (χ2n) is 6.76. The van der Waals surface area contributed by atoms with E-state index in [0.717, 1.165) is 27.6 Å². The van der Waals surface area contributed by atoms with Gasteiger partial charge in [0.1, 0.15) is 17.9 Å². The summed E-state index contributed by atoms with van der Waals surface area (Å²) >= 11 is 0. The number of benzene rings is 3. The highest BCUT2D eigenvalue weighted by Crippen LogP contribution is 2.35. The Balaban J connectivity index is 1.84. The molecule has 0 aliphatic carbocycles. The minimum absolute atomic E-state index is 0.364. The maximum Gasteiger partial charge on any atom is 0.336 e. The van der Waals surface area contributed by atoms with Crippen LogP contribution in [0.25, 0.3) is 22.1 Å². The van der Waals surface area contributed by atoms with Gasteiger partial charge < -0.3 is 9.15 Å². The summed E-state index contributed by atoms with van der Waals surface area (Å²) in [6, 6.07) is 23.5. The van der Waals surface area contributed by atoms with Crippen molar-refractivity contribution in [2.75, 3.05) is 0 Å². The minimum Gasteiger partial charge on any atom is -0.488 e. The van der Waals surface area contributed by atoms with Crippen LogP contribution in [0, 0.1) is 13.8 Å². The van der Waals surface area contributed by atoms with Crippen molar-refractivity contribution in [2.24, 2.45) is 0 Å². The highest BCUT2D eigenvalue weighted by molar-refractivity contribution is 5.98. The molecule has 3 nitrogen and oxygen atoms in total. The van der Waals surface area contributed by atoms with Gasteiger partial charge in [-0.2, -0.15) is 0 Å². The Morgan fingerprint density at radius 3 is 2.33 bits per heavy atom. The summed E-state index contributed by atoms with van der Waals surface area (Å²) in [5.41, 5.74) is 5.24. The van der Waals surface area contributed by atoms with Gasteiger partial charge in [-0.15, -0.1) is 0 Å². The molecule has 1 heterocycles. The monoisotopic (exact) mass is 356 g/mol. The summed E-state index contributed by atoms with van der Waals surface area (Å²) in [7, 11) is 0. The van der Waals surface area contributed by atoms with E-state index in [4.69, 9.17) is 9.15 Å². The molecular formula is C24H20O3. The van der Waals surface area contributed by atoms with Crippen molar-refractivity contribution in [3.05, 3.63) is 99.9 Å². The van der Waals surface area contributed by atoms with E-state index >= 15 is 0 Å². The summed E-state index contributed by atoms with van der Waals surface area (Å²) in [6.07, 6.45) is 0. The molecule has 4 rings (SSSR count). The quantitative estimate of drug-likeness (QED) is 0.443. The van der Waals surface area contributed by atoms with E-state index in [-0.39, 0.29) is 5.63 Å². The maximum absolute atomic E-state index is 12.1. The van der Waals surface area contributed by atoms with E-state index in [2.05, 4.69) is 31.2 Å². The average molecular weight is 356 g/mol. The molecule has 0 unspecified atom stereocenters. The zero-order valence-corrected chi connectivity index (χ0v) is 15.4. The summed E-state index contributed by atoms with van der Waals surface area (Å²) in [6.45, 7) is 4.48. The van der Waals surface area contributed by atoms with Crippen molar-refractivity contribution in [3.8, 4) is 16.9 Å². The second-order valence-corrected chi connectivity index (χ2v) is 6.76. The zero-order chi connectivity index (χ0) is 18.8. The van der Waals surface area contributed by atoms with E-state index < -0.39 is 0 Å². The van der Waals surface area contributed by atoms with Gasteiger partial charge in [0.25, 0.3) is 0 Å². The van der Waals surface area contributed by atoms with Crippen molar-refractivity contribution in [1.82, 2.24) is 0 Å². The fraction of sp³-hybridized carbons (Fsp3) is 0.125. The lowest BCUT2D eigenvalue weighted by Gasteiger charge is -2.13. The minimum atomic E-state index is -0.364. The van der Waals surface area contributed by atoms with Crippen LogP contribution >= 0.6 is 0 Å². The molecule has 27 heavy (non-hydrogen) atoms. The van der Waals surface area contributed by atoms with E-state index in [9.17, 15) is 4.79 Å². The number of hydrogen-bond donors (Lipinski definition) is 0. The smallest absolute Gasteiger partial charge is 0.336 e. The highest BCUT2D eigenvalue weighted by atomic mass is 16.5. The zero-order valence-electron chi connectivity index (χ0n) is 15.4. The van der Waals surface area contributed by atoms with E-state index in [0.29, 0.717) is 17.9 Å². The number of ether oxygens (including phenoxy) is 1. The molecule has 3 aromatic carbocycles. The fourth-order valence-electron chi connectivity index (χ4n) is 3.20. The van der Waals surface area contributed by atoms with Crippen LogP contribution in [0.3, 0.4) is 0 Å². The Kier molecular flexibility index (Phi) is 4.51. The van der Waals surface area contributed by atoms with Gasteiger partial charge in [0.2, 0.25) is 0 Å². The summed E-state index contributed by atoms with van der Waals surface area (Å²) in [5.74, 6) is 0.716. The molecule has 0 fully saturated rings. The number of rotatable bonds is 4. The van der Waals surface area contributed by atoms with Crippen LogP contribution in [0.2, 0.25) is 0 Å². The van der Waals surface area contributed by atoms with Crippen molar-refractivity contribution >= 4 is 11.0 Å². The molecular weight excluding hydrogens is 336 g/mol. The molecule has 0 aliphatic rings. The Bertz CT molecular complexity index is 1140. The van der Waals surface area contributed by atoms with Gasteiger partial charge in [-0.3, -0.25) is 0 Å². The molecule has 0 aliphatic heterocycles. The lowest BCUT2D eigenvalue weighted by atomic mass is 10.0. The van der Waals surface area contributed by atoms with Gasteiger partial charge in [0, 0.05) is 11.6 Å². The van der Waals surface area contributed by atoms with Crippen LogP contribution in [0.15, 0.2) is 82.0 Å². The van der Waals surface area contributed by atoms with Crippen LogP contribution in [-0.4, -0.2) is 0 Å². The molecule has 3 heteroatoms. The SMILES string of the molecule is Cc1ccc(COc2cc(C)cc3oc(=O)cc(-c4ccccc4)c23)cc1. The molecule has 0 N–H and O–H groups in total. The first-order valence-corrected chi connectivity index (χ1v) is 8.92. The normalized spacial score (nSPS) is 10.9. The molecule has 0 bridgehead atoms. The van der Waals surface area contributed by atoms with Crippen molar-refractivity contribution < 1.29 is 9.15 Å². The lowest BCUT2D eigenvalue weighted by molar-refractivity contribution is 0.309. The highest BCUT2D eigenvalue weighted by Gasteiger charge is 2.14. The molecule has 1 aromatic heterocycles. The first-order chi connectivity index (χ1) is 13.1. The Hall–Kier alpha value is -3.33. The molecule has 0 radical (unpaired) electrons. The van der Waals surface area contributed by atoms with Gasteiger partial charge in [-0.25, -0.2) is 4.79 Å². The summed E-state index contributed by atoms with van der Waals surface area (Å²) in [4.78, 5) is 12.1. The summed E-state index contributed by atoms with van der Waals surface area (Å²) < 4.78 is 11.6. The van der Waals surface area contributed by atoms with Gasteiger partial charge >= 0.3 is 5.63 Å². The van der Waals surface area contributed by atoms with E-state index in [1.165, 1.54) is 11.6 Å². The second kappa shape index (κ2) is 7.12. The predicted molar refractivity (Wildman–Crippen MR) is 108 cm³/mol. The first-order valence-electron chi connectivity index (χ1n) is 8.92. The van der Waals surface area contributed by atoms with Crippen LogP contribution < -0.4 is 10.4 Å². The largest absolute Gasteiger partial charge is 0.488 e. The van der Waals surface area contributed by atoms with Gasteiger partial charge in [-0.1, -0.05) is 60.2 Å². The van der Waals surface area contributed by atoms with Crippen LogP contribution in [0.1, 0.15) is 16.7 Å². The first kappa shape index (κ1) is 17.1. The number of fused-ring (bicyclic) bond motifs is 1. The van der Waals surface area contributed by atoms with Crippen molar-refractivity contribution in [2.45, 2.75) is 20.5 Å². The topological polar surface area (TPSA) is 39.4 Å². The molecule has 134 valence electrons. The molecule has 0 saturated carbocycles. The van der Waals surface area contributed by atoms with Crippen LogP contribution in [0.5, 0.6) is 5.75 Å². The van der Waals surface area contributed by atoms with E-state index in [1.54, 1.807) is 0 Å². The predicted octanol–water partition coefficient (Wildman–Crippen LogP) is 5.66. The number of hydrogen-bond acceptors (Lipinski definition) is 3.